The molecule has 0 radical (unpaired) electrons. The Morgan fingerprint density at radius 3 is 2.14 bits per heavy atom. The number of amides is 1. The zero-order chi connectivity index (χ0) is 16.4. The van der Waals surface area contributed by atoms with E-state index >= 15 is 0 Å². The molecule has 3 aliphatic carbocycles. The molecule has 2 nitrogen and oxygen atoms in total. The van der Waals surface area contributed by atoms with Gasteiger partial charge in [0.1, 0.15) is 0 Å². The first-order valence-corrected chi connectivity index (χ1v) is 6.53. The van der Waals surface area contributed by atoms with Gasteiger partial charge in [-0.1, -0.05) is 6.07 Å². The van der Waals surface area contributed by atoms with Crippen LogP contribution < -0.4 is 5.32 Å². The van der Waals surface area contributed by atoms with Crippen molar-refractivity contribution in [3.05, 3.63) is 35.4 Å². The predicted octanol–water partition coefficient (Wildman–Crippen LogP) is 3.92. The van der Waals surface area contributed by atoms with Crippen molar-refractivity contribution in [2.45, 2.75) is 37.2 Å². The highest BCUT2D eigenvalue weighted by Crippen LogP contribution is 2.73. The number of carbonyl (C=O) groups is 1. The molecule has 8 heteroatoms. The molecule has 1 amide bonds. The maximum Gasteiger partial charge on any atom is 0.416 e. The summed E-state index contributed by atoms with van der Waals surface area (Å²) in [6.07, 6.45) is -9.47. The monoisotopic (exact) mass is 323 g/mol. The first kappa shape index (κ1) is 15.2. The largest absolute Gasteiger partial charge is 0.416 e. The smallest absolute Gasteiger partial charge is 0.347 e. The number of hydrogen-bond donors (Lipinski definition) is 1. The third-order valence-electron chi connectivity index (χ3n) is 4.46. The Morgan fingerprint density at radius 1 is 1.05 bits per heavy atom. The lowest BCUT2D eigenvalue weighted by Crippen LogP contribution is -2.78. The number of carbonyl (C=O) groups excluding carboxylic acids is 1. The van der Waals surface area contributed by atoms with Crippen molar-refractivity contribution in [1.29, 1.82) is 0 Å². The summed E-state index contributed by atoms with van der Waals surface area (Å²) < 4.78 is 75.8. The molecule has 0 heterocycles. The van der Waals surface area contributed by atoms with E-state index in [0.717, 1.165) is 12.1 Å². The van der Waals surface area contributed by atoms with Crippen LogP contribution in [0.1, 0.15) is 35.2 Å². The van der Waals surface area contributed by atoms with E-state index in [2.05, 4.69) is 5.32 Å². The highest BCUT2D eigenvalue weighted by Gasteiger charge is 2.78. The fourth-order valence-corrected chi connectivity index (χ4v) is 3.37. The van der Waals surface area contributed by atoms with Gasteiger partial charge in [0.15, 0.2) is 0 Å². The third-order valence-corrected chi connectivity index (χ3v) is 4.46. The van der Waals surface area contributed by atoms with Gasteiger partial charge in [0.2, 0.25) is 0 Å². The van der Waals surface area contributed by atoms with Crippen LogP contribution >= 0.6 is 0 Å². The van der Waals surface area contributed by atoms with Gasteiger partial charge in [0, 0.05) is 11.1 Å². The Kier molecular flexibility index (Phi) is 2.88. The van der Waals surface area contributed by atoms with Gasteiger partial charge in [-0.15, -0.1) is 0 Å². The summed E-state index contributed by atoms with van der Waals surface area (Å²) in [6.45, 7) is 0. The Bertz CT molecular complexity index is 613. The molecule has 22 heavy (non-hydrogen) atoms. The van der Waals surface area contributed by atoms with Crippen molar-refractivity contribution in [1.82, 2.24) is 5.32 Å². The summed E-state index contributed by atoms with van der Waals surface area (Å²) in [5.74, 6) is -0.776. The second-order valence-electron chi connectivity index (χ2n) is 6.12. The van der Waals surface area contributed by atoms with Gasteiger partial charge in [-0.25, -0.2) is 0 Å². The molecule has 0 saturated heterocycles. The fourth-order valence-electron chi connectivity index (χ4n) is 3.37. The molecule has 1 aromatic carbocycles. The summed E-state index contributed by atoms with van der Waals surface area (Å²) >= 11 is 0. The van der Waals surface area contributed by atoms with Gasteiger partial charge in [-0.05, 0) is 37.5 Å². The van der Waals surface area contributed by atoms with Crippen molar-refractivity contribution in [3.8, 4) is 0 Å². The average Bonchev–Trinajstić information content (AvgIpc) is 2.29. The molecule has 0 spiro atoms. The summed E-state index contributed by atoms with van der Waals surface area (Å²) in [7, 11) is 0. The molecule has 3 aliphatic rings. The van der Waals surface area contributed by atoms with Crippen LogP contribution in [0.5, 0.6) is 0 Å². The zero-order valence-electron chi connectivity index (χ0n) is 11.1. The van der Waals surface area contributed by atoms with Gasteiger partial charge in [-0.3, -0.25) is 4.79 Å². The molecule has 0 atom stereocenters. The number of halogens is 6. The minimum atomic E-state index is -4.58. The maximum absolute atomic E-state index is 12.7. The maximum atomic E-state index is 12.7. The minimum Gasteiger partial charge on any atom is -0.347 e. The van der Waals surface area contributed by atoms with Crippen molar-refractivity contribution in [2.75, 3.05) is 0 Å². The van der Waals surface area contributed by atoms with Crippen LogP contribution in [0.25, 0.3) is 0 Å². The van der Waals surface area contributed by atoms with E-state index in [1.807, 2.05) is 0 Å². The normalized spacial score (nSPS) is 30.3. The topological polar surface area (TPSA) is 29.1 Å². The highest BCUT2D eigenvalue weighted by atomic mass is 19.4. The van der Waals surface area contributed by atoms with Crippen molar-refractivity contribution < 1.29 is 31.1 Å². The van der Waals surface area contributed by atoms with E-state index < -0.39 is 34.8 Å². The van der Waals surface area contributed by atoms with Crippen LogP contribution in [0.15, 0.2) is 24.3 Å². The van der Waals surface area contributed by atoms with Gasteiger partial charge >= 0.3 is 12.4 Å². The van der Waals surface area contributed by atoms with E-state index in [1.165, 1.54) is 6.07 Å². The van der Waals surface area contributed by atoms with E-state index in [1.54, 1.807) is 0 Å². The summed E-state index contributed by atoms with van der Waals surface area (Å²) in [5.41, 5.74) is -3.81. The molecular formula is C14H11F6NO. The lowest BCUT2D eigenvalue weighted by molar-refractivity contribution is -0.336. The van der Waals surface area contributed by atoms with Gasteiger partial charge in [-0.2, -0.15) is 26.3 Å². The molecule has 1 N–H and O–H groups in total. The quantitative estimate of drug-likeness (QED) is 0.821. The minimum absolute atomic E-state index is 0.200. The second kappa shape index (κ2) is 4.17. The Balaban J connectivity index is 1.68. The average molecular weight is 323 g/mol. The van der Waals surface area contributed by atoms with E-state index in [9.17, 15) is 31.1 Å². The molecule has 120 valence electrons. The lowest BCUT2D eigenvalue weighted by atomic mass is 9.39. The fraction of sp³-hybridized carbons (Fsp3) is 0.500. The molecule has 0 aromatic heterocycles. The zero-order valence-corrected chi connectivity index (χ0v) is 11.1. The van der Waals surface area contributed by atoms with Crippen LogP contribution in [0.4, 0.5) is 26.3 Å². The van der Waals surface area contributed by atoms with Gasteiger partial charge in [0.05, 0.1) is 11.0 Å². The standard InChI is InChI=1S/C14H11F6NO/c15-13(16,17)9-3-1-2-8(4-9)10(22)21-12-5-11(6-12,7-12)14(18,19)20/h1-4H,5-7H2,(H,21,22). The Morgan fingerprint density at radius 2 is 1.64 bits per heavy atom. The van der Waals surface area contributed by atoms with Crippen molar-refractivity contribution >= 4 is 5.91 Å². The molecule has 0 unspecified atom stereocenters. The summed E-state index contributed by atoms with van der Waals surface area (Å²) in [6, 6.07) is 3.82. The highest BCUT2D eigenvalue weighted by molar-refractivity contribution is 5.95. The summed E-state index contributed by atoms with van der Waals surface area (Å²) in [4.78, 5) is 12.0. The Labute approximate surface area is 121 Å². The number of hydrogen-bond acceptors (Lipinski definition) is 1. The molecular weight excluding hydrogens is 312 g/mol. The van der Waals surface area contributed by atoms with Crippen molar-refractivity contribution in [3.63, 3.8) is 0 Å². The first-order valence-electron chi connectivity index (χ1n) is 6.53. The number of benzene rings is 1. The van der Waals surface area contributed by atoms with Crippen LogP contribution in [0.3, 0.4) is 0 Å². The number of nitrogens with one attached hydrogen (secondary N) is 1. The molecule has 3 saturated carbocycles. The van der Waals surface area contributed by atoms with Gasteiger partial charge < -0.3 is 5.32 Å². The lowest BCUT2D eigenvalue weighted by Gasteiger charge is -2.70. The van der Waals surface area contributed by atoms with E-state index in [4.69, 9.17) is 0 Å². The van der Waals surface area contributed by atoms with Crippen LogP contribution in [-0.4, -0.2) is 17.6 Å². The van der Waals surface area contributed by atoms with Crippen molar-refractivity contribution in [2.24, 2.45) is 5.41 Å². The van der Waals surface area contributed by atoms with Gasteiger partial charge in [0.25, 0.3) is 5.91 Å². The molecule has 0 aliphatic heterocycles. The van der Waals surface area contributed by atoms with Crippen LogP contribution in [0, 0.1) is 5.41 Å². The summed E-state index contributed by atoms with van der Waals surface area (Å²) in [5, 5.41) is 2.44. The van der Waals surface area contributed by atoms with E-state index in [0.29, 0.717) is 6.07 Å². The van der Waals surface area contributed by atoms with Crippen LogP contribution in [0.2, 0.25) is 0 Å². The first-order chi connectivity index (χ1) is 9.97. The number of rotatable bonds is 2. The predicted molar refractivity (Wildman–Crippen MR) is 64.0 cm³/mol. The van der Waals surface area contributed by atoms with E-state index in [-0.39, 0.29) is 24.8 Å². The number of alkyl halides is 6. The van der Waals surface area contributed by atoms with Crippen LogP contribution in [-0.2, 0) is 6.18 Å². The Hall–Kier alpha value is -1.73. The second-order valence-corrected chi connectivity index (χ2v) is 6.12. The molecule has 4 rings (SSSR count). The molecule has 1 aromatic rings. The molecule has 2 bridgehead atoms. The SMILES string of the molecule is O=C(NC12CC(C(F)(F)F)(C1)C2)c1cccc(C(F)(F)F)c1. The third kappa shape index (κ3) is 2.16. The molecule has 3 fully saturated rings.